The number of esters is 2. The molecule has 1 N–H and O–H groups in total. The van der Waals surface area contributed by atoms with Crippen molar-refractivity contribution in [2.24, 2.45) is 10.9 Å². The molecule has 33 heavy (non-hydrogen) atoms. The van der Waals surface area contributed by atoms with E-state index in [1.807, 2.05) is 0 Å². The largest absolute Gasteiger partial charge is 0.468 e. The van der Waals surface area contributed by atoms with Gasteiger partial charge in [0.25, 0.3) is 5.56 Å². The number of carbonyl (C=O) groups is 3. The molecule has 0 aliphatic carbocycles. The molecule has 1 aliphatic heterocycles. The van der Waals surface area contributed by atoms with Gasteiger partial charge in [-0.1, -0.05) is 55.5 Å². The highest BCUT2D eigenvalue weighted by Gasteiger charge is 2.62. The molecule has 168 valence electrons. The fourth-order valence-electron chi connectivity index (χ4n) is 4.25. The number of nitrogens with one attached hydrogen (secondary N) is 1. The van der Waals surface area contributed by atoms with Crippen LogP contribution in [0.15, 0.2) is 70.5 Å². The Hall–Kier alpha value is -4.27. The lowest BCUT2D eigenvalue weighted by atomic mass is 9.66. The van der Waals surface area contributed by atoms with Crippen molar-refractivity contribution in [1.82, 2.24) is 9.78 Å². The number of nitrogens with zero attached hydrogens (tertiary/aromatic N) is 2. The van der Waals surface area contributed by atoms with E-state index in [0.29, 0.717) is 11.3 Å². The first-order valence-electron chi connectivity index (χ1n) is 10.1. The predicted molar refractivity (Wildman–Crippen MR) is 119 cm³/mol. The Morgan fingerprint density at radius 3 is 2.15 bits per heavy atom. The normalized spacial score (nSPS) is 17.6. The first-order chi connectivity index (χ1) is 15.9. The van der Waals surface area contributed by atoms with Crippen LogP contribution in [-0.4, -0.2) is 47.4 Å². The molecule has 0 spiro atoms. The van der Waals surface area contributed by atoms with E-state index in [2.05, 4.69) is 10.1 Å². The fraction of sp³-hybridized carbons (Fsp3) is 0.208. The average Bonchev–Trinajstić information content (AvgIpc) is 3.38. The van der Waals surface area contributed by atoms with Crippen LogP contribution in [0.5, 0.6) is 0 Å². The van der Waals surface area contributed by atoms with Crippen molar-refractivity contribution in [3.05, 3.63) is 82.1 Å². The minimum atomic E-state index is -2.10. The predicted octanol–water partition coefficient (Wildman–Crippen LogP) is 2.35. The monoisotopic (exact) mass is 447 g/mol. The second-order valence-corrected chi connectivity index (χ2v) is 7.52. The quantitative estimate of drug-likeness (QED) is 0.458. The Balaban J connectivity index is 2.01. The number of rotatable bonds is 6. The van der Waals surface area contributed by atoms with E-state index < -0.39 is 34.6 Å². The number of hydrogen-bond acceptors (Lipinski definition) is 7. The Labute approximate surface area is 188 Å². The van der Waals surface area contributed by atoms with Crippen LogP contribution < -0.4 is 5.56 Å². The van der Waals surface area contributed by atoms with Gasteiger partial charge in [0.05, 0.1) is 25.5 Å². The summed E-state index contributed by atoms with van der Waals surface area (Å²) in [7, 11) is 2.25. The molecule has 0 unspecified atom stereocenters. The Morgan fingerprint density at radius 1 is 0.970 bits per heavy atom. The highest BCUT2D eigenvalue weighted by atomic mass is 16.5. The summed E-state index contributed by atoms with van der Waals surface area (Å²) in [4.78, 5) is 57.5. The van der Waals surface area contributed by atoms with Crippen LogP contribution in [0.4, 0.5) is 5.82 Å². The summed E-state index contributed by atoms with van der Waals surface area (Å²) >= 11 is 0. The number of carbonyl (C=O) groups excluding carboxylic acids is 3. The molecule has 2 aromatic carbocycles. The summed E-state index contributed by atoms with van der Waals surface area (Å²) in [5, 5.41) is 2.84. The van der Waals surface area contributed by atoms with E-state index in [0.717, 1.165) is 14.2 Å². The number of fused-ring (bicyclic) bond motifs is 1. The highest BCUT2D eigenvalue weighted by Crippen LogP contribution is 2.45. The molecule has 0 radical (unpaired) electrons. The molecule has 2 atom stereocenters. The van der Waals surface area contributed by atoms with Crippen LogP contribution in [-0.2, 0) is 24.5 Å². The van der Waals surface area contributed by atoms with Crippen molar-refractivity contribution < 1.29 is 23.9 Å². The number of ether oxygens (including phenoxy) is 2. The molecule has 9 nitrogen and oxygen atoms in total. The number of H-pyrrole nitrogens is 1. The number of ketones is 1. The Kier molecular flexibility index (Phi) is 5.55. The minimum Gasteiger partial charge on any atom is -0.468 e. The van der Waals surface area contributed by atoms with Gasteiger partial charge in [0.1, 0.15) is 0 Å². The fourth-order valence-corrected chi connectivity index (χ4v) is 4.25. The van der Waals surface area contributed by atoms with Crippen molar-refractivity contribution in [2.75, 3.05) is 14.2 Å². The summed E-state index contributed by atoms with van der Waals surface area (Å²) in [6, 6.07) is 16.9. The maximum absolute atomic E-state index is 13.6. The van der Waals surface area contributed by atoms with Crippen molar-refractivity contribution >= 4 is 29.3 Å². The van der Waals surface area contributed by atoms with Crippen LogP contribution >= 0.6 is 0 Å². The van der Waals surface area contributed by atoms with E-state index in [-0.39, 0.29) is 17.1 Å². The molecule has 1 aromatic heterocycles. The second-order valence-electron chi connectivity index (χ2n) is 7.52. The van der Waals surface area contributed by atoms with Gasteiger partial charge in [0, 0.05) is 11.5 Å². The molecular weight excluding hydrogens is 426 g/mol. The third kappa shape index (κ3) is 3.20. The van der Waals surface area contributed by atoms with Gasteiger partial charge in [0.2, 0.25) is 0 Å². The molecule has 1 aliphatic rings. The smallest absolute Gasteiger partial charge is 0.354 e. The third-order valence-corrected chi connectivity index (χ3v) is 5.86. The van der Waals surface area contributed by atoms with E-state index in [1.165, 1.54) is 11.6 Å². The van der Waals surface area contributed by atoms with Crippen LogP contribution in [0.2, 0.25) is 0 Å². The molecule has 0 saturated heterocycles. The van der Waals surface area contributed by atoms with E-state index in [4.69, 9.17) is 9.47 Å². The molecule has 0 saturated carbocycles. The summed E-state index contributed by atoms with van der Waals surface area (Å²) < 4.78 is 11.1. The highest BCUT2D eigenvalue weighted by molar-refractivity contribution is 6.47. The Morgan fingerprint density at radius 2 is 1.58 bits per heavy atom. The van der Waals surface area contributed by atoms with Crippen molar-refractivity contribution in [3.8, 4) is 5.69 Å². The topological polar surface area (TPSA) is 120 Å². The summed E-state index contributed by atoms with van der Waals surface area (Å²) in [6.45, 7) is 1.47. The van der Waals surface area contributed by atoms with Crippen LogP contribution in [0.25, 0.3) is 5.69 Å². The van der Waals surface area contributed by atoms with Gasteiger partial charge >= 0.3 is 11.9 Å². The first kappa shape index (κ1) is 21.9. The van der Waals surface area contributed by atoms with Gasteiger partial charge in [-0.2, -0.15) is 0 Å². The molecule has 3 aromatic rings. The van der Waals surface area contributed by atoms with Crippen molar-refractivity contribution in [2.45, 2.75) is 12.3 Å². The number of hydrogen-bond donors (Lipinski definition) is 1. The number of aliphatic imine (C=N–C) groups is 1. The van der Waals surface area contributed by atoms with Crippen molar-refractivity contribution in [3.63, 3.8) is 0 Å². The van der Waals surface area contributed by atoms with Gasteiger partial charge in [-0.05, 0) is 12.1 Å². The minimum absolute atomic E-state index is 0.0117. The zero-order valence-electron chi connectivity index (χ0n) is 18.2. The summed E-state index contributed by atoms with van der Waals surface area (Å²) in [5.74, 6) is -3.58. The van der Waals surface area contributed by atoms with E-state index in [1.54, 1.807) is 60.7 Å². The lowest BCUT2D eigenvalue weighted by Gasteiger charge is -2.31. The lowest BCUT2D eigenvalue weighted by molar-refractivity contribution is -0.147. The molecule has 4 rings (SSSR count). The number of aromatic nitrogens is 2. The van der Waals surface area contributed by atoms with Crippen LogP contribution in [0.3, 0.4) is 0 Å². The van der Waals surface area contributed by atoms with Gasteiger partial charge in [-0.3, -0.25) is 19.5 Å². The molecule has 0 amide bonds. The molecular formula is C24H21N3O6. The van der Waals surface area contributed by atoms with Gasteiger partial charge in [-0.15, -0.1) is 0 Å². The molecule has 0 bridgehead atoms. The number of aromatic amines is 1. The van der Waals surface area contributed by atoms with Gasteiger partial charge in [0.15, 0.2) is 22.7 Å². The maximum atomic E-state index is 13.6. The van der Waals surface area contributed by atoms with Gasteiger partial charge < -0.3 is 9.47 Å². The molecule has 0 fully saturated rings. The van der Waals surface area contributed by atoms with Crippen LogP contribution in [0, 0.1) is 5.92 Å². The zero-order chi connectivity index (χ0) is 23.8. The lowest BCUT2D eigenvalue weighted by Crippen LogP contribution is -2.55. The van der Waals surface area contributed by atoms with Gasteiger partial charge in [-0.25, -0.2) is 14.5 Å². The molecule has 2 heterocycles. The number of benzene rings is 2. The standard InChI is InChI=1S/C24H21N3O6/c1-14(18(28)15-10-6-4-7-11-15)24(23(31)33-3)17-20(25-19(24)22(30)32-2)26-27(21(17)29)16-12-8-5-9-13-16/h4-14,26H,1-3H3/t14-,24+/m0/s1. The average molecular weight is 447 g/mol. The summed E-state index contributed by atoms with van der Waals surface area (Å²) in [5.41, 5.74) is -2.45. The maximum Gasteiger partial charge on any atom is 0.354 e. The van der Waals surface area contributed by atoms with E-state index >= 15 is 0 Å². The SMILES string of the molecule is COC(=O)C1=Nc2[nH]n(-c3ccccc3)c(=O)c2[C@]1(C(=O)OC)[C@@H](C)C(=O)c1ccccc1. The second kappa shape index (κ2) is 8.34. The summed E-state index contributed by atoms with van der Waals surface area (Å²) in [6.07, 6.45) is 0. The van der Waals surface area contributed by atoms with Crippen molar-refractivity contribution in [1.29, 1.82) is 0 Å². The Bertz CT molecular complexity index is 1320. The zero-order valence-corrected chi connectivity index (χ0v) is 18.2. The first-order valence-corrected chi connectivity index (χ1v) is 10.1. The molecule has 9 heteroatoms. The number of para-hydroxylation sites is 1. The third-order valence-electron chi connectivity index (χ3n) is 5.86. The number of Topliss-reactive ketones (excluding diaryl/α,β-unsaturated/α-hetero) is 1. The number of methoxy groups -OCH3 is 2. The van der Waals surface area contributed by atoms with E-state index in [9.17, 15) is 19.2 Å². The van der Waals surface area contributed by atoms with Crippen LogP contribution in [0.1, 0.15) is 22.8 Å².